The third-order valence-electron chi connectivity index (χ3n) is 3.04. The van der Waals surface area contributed by atoms with Gasteiger partial charge in [-0.15, -0.1) is 11.5 Å². The zero-order valence-corrected chi connectivity index (χ0v) is 12.3. The van der Waals surface area contributed by atoms with Gasteiger partial charge in [-0.05, 0) is 29.8 Å². The van der Waals surface area contributed by atoms with Crippen molar-refractivity contribution in [3.63, 3.8) is 0 Å². The standard InChI is InChI=1S/C17H14N4O2/c1-2-11-22-15-5-3-13(4-6-15)12-19-17-21-20-16(23-17)14-7-9-18-10-8-14/h1,3-10H,11-12H2,(H,19,21). The lowest BCUT2D eigenvalue weighted by Gasteiger charge is -2.04. The first-order valence-electron chi connectivity index (χ1n) is 6.98. The molecule has 3 rings (SSSR count). The van der Waals surface area contributed by atoms with E-state index in [9.17, 15) is 0 Å². The molecule has 0 saturated carbocycles. The fourth-order valence-electron chi connectivity index (χ4n) is 1.91. The van der Waals surface area contributed by atoms with Gasteiger partial charge in [0.15, 0.2) is 0 Å². The number of benzene rings is 1. The quantitative estimate of drug-likeness (QED) is 0.706. The predicted molar refractivity (Wildman–Crippen MR) is 85.6 cm³/mol. The van der Waals surface area contributed by atoms with Crippen LogP contribution < -0.4 is 10.1 Å². The van der Waals surface area contributed by atoms with Gasteiger partial charge >= 0.3 is 6.01 Å². The Morgan fingerprint density at radius 2 is 1.87 bits per heavy atom. The monoisotopic (exact) mass is 306 g/mol. The summed E-state index contributed by atoms with van der Waals surface area (Å²) in [5.74, 6) is 3.62. The van der Waals surface area contributed by atoms with Gasteiger partial charge in [0.25, 0.3) is 0 Å². The van der Waals surface area contributed by atoms with Crippen LogP contribution in [0, 0.1) is 12.3 Å². The second-order valence-electron chi connectivity index (χ2n) is 4.64. The Labute approximate surface area is 133 Å². The molecule has 1 N–H and O–H groups in total. The molecule has 1 aromatic carbocycles. The van der Waals surface area contributed by atoms with Gasteiger partial charge in [0, 0.05) is 24.5 Å². The summed E-state index contributed by atoms with van der Waals surface area (Å²) in [7, 11) is 0. The van der Waals surface area contributed by atoms with E-state index in [1.54, 1.807) is 12.4 Å². The summed E-state index contributed by atoms with van der Waals surface area (Å²) in [5, 5.41) is 11.1. The van der Waals surface area contributed by atoms with Crippen molar-refractivity contribution >= 4 is 6.01 Å². The first-order valence-corrected chi connectivity index (χ1v) is 6.98. The summed E-state index contributed by atoms with van der Waals surface area (Å²) >= 11 is 0. The molecule has 0 atom stereocenters. The van der Waals surface area contributed by atoms with Crippen molar-refractivity contribution in [2.24, 2.45) is 0 Å². The number of hydrogen-bond acceptors (Lipinski definition) is 6. The SMILES string of the molecule is C#CCOc1ccc(CNc2nnc(-c3ccncc3)o2)cc1. The molecule has 0 aliphatic rings. The van der Waals surface area contributed by atoms with Gasteiger partial charge in [0.05, 0.1) is 0 Å². The molecule has 114 valence electrons. The summed E-state index contributed by atoms with van der Waals surface area (Å²) in [6.45, 7) is 0.824. The van der Waals surface area contributed by atoms with Crippen molar-refractivity contribution in [1.29, 1.82) is 0 Å². The lowest BCUT2D eigenvalue weighted by Crippen LogP contribution is -2.00. The maximum Gasteiger partial charge on any atom is 0.316 e. The highest BCUT2D eigenvalue weighted by atomic mass is 16.5. The molecule has 0 spiro atoms. The first kappa shape index (κ1) is 14.6. The Morgan fingerprint density at radius 1 is 1.09 bits per heavy atom. The maximum atomic E-state index is 5.56. The molecule has 0 aliphatic carbocycles. The number of ether oxygens (including phenoxy) is 1. The van der Waals surface area contributed by atoms with Gasteiger partial charge in [0.1, 0.15) is 12.4 Å². The molecule has 0 radical (unpaired) electrons. The van der Waals surface area contributed by atoms with E-state index in [4.69, 9.17) is 15.6 Å². The number of aromatic nitrogens is 3. The highest BCUT2D eigenvalue weighted by molar-refractivity contribution is 5.51. The van der Waals surface area contributed by atoms with Crippen molar-refractivity contribution in [1.82, 2.24) is 15.2 Å². The van der Waals surface area contributed by atoms with Crippen molar-refractivity contribution in [3.8, 4) is 29.5 Å². The second-order valence-corrected chi connectivity index (χ2v) is 4.64. The number of hydrogen-bond donors (Lipinski definition) is 1. The summed E-state index contributed by atoms with van der Waals surface area (Å²) in [6.07, 6.45) is 8.50. The molecule has 0 amide bonds. The smallest absolute Gasteiger partial charge is 0.316 e. The molecular weight excluding hydrogens is 292 g/mol. The summed E-state index contributed by atoms with van der Waals surface area (Å²) in [6, 6.07) is 11.6. The fraction of sp³-hybridized carbons (Fsp3) is 0.118. The highest BCUT2D eigenvalue weighted by Crippen LogP contribution is 2.19. The molecule has 2 aromatic heterocycles. The zero-order valence-electron chi connectivity index (χ0n) is 12.3. The fourth-order valence-corrected chi connectivity index (χ4v) is 1.91. The molecule has 3 aromatic rings. The number of nitrogens with zero attached hydrogens (tertiary/aromatic N) is 3. The van der Waals surface area contributed by atoms with Crippen molar-refractivity contribution < 1.29 is 9.15 Å². The lowest BCUT2D eigenvalue weighted by atomic mass is 10.2. The van der Waals surface area contributed by atoms with E-state index in [-0.39, 0.29) is 6.61 Å². The van der Waals surface area contributed by atoms with Crippen molar-refractivity contribution in [2.45, 2.75) is 6.54 Å². The average molecular weight is 306 g/mol. The van der Waals surface area contributed by atoms with E-state index in [1.807, 2.05) is 36.4 Å². The summed E-state index contributed by atoms with van der Waals surface area (Å²) in [5.41, 5.74) is 1.89. The number of rotatable bonds is 6. The van der Waals surface area contributed by atoms with Crippen LogP contribution in [0.2, 0.25) is 0 Å². The Morgan fingerprint density at radius 3 is 2.61 bits per heavy atom. The molecule has 0 bridgehead atoms. The van der Waals surface area contributed by atoms with Crippen LogP contribution in [0.4, 0.5) is 6.01 Å². The number of pyridine rings is 1. The first-order chi connectivity index (χ1) is 11.3. The van der Waals surface area contributed by atoms with Crippen LogP contribution in [0.15, 0.2) is 53.2 Å². The highest BCUT2D eigenvalue weighted by Gasteiger charge is 2.07. The molecule has 23 heavy (non-hydrogen) atoms. The molecule has 0 unspecified atom stereocenters. The largest absolute Gasteiger partial charge is 0.481 e. The maximum absolute atomic E-state index is 5.56. The Kier molecular flexibility index (Phi) is 4.50. The molecule has 6 heteroatoms. The van der Waals surface area contributed by atoms with Crippen molar-refractivity contribution in [3.05, 3.63) is 54.4 Å². The van der Waals surface area contributed by atoms with E-state index in [2.05, 4.69) is 26.4 Å². The molecule has 0 saturated heterocycles. The van der Waals surface area contributed by atoms with Gasteiger partial charge < -0.3 is 14.5 Å². The number of terminal acetylenes is 1. The van der Waals surface area contributed by atoms with Crippen LogP contribution in [-0.2, 0) is 6.54 Å². The van der Waals surface area contributed by atoms with Gasteiger partial charge in [-0.1, -0.05) is 23.2 Å². The topological polar surface area (TPSA) is 73.1 Å². The minimum absolute atomic E-state index is 0.261. The number of anilines is 1. The Bertz CT molecular complexity index is 791. The summed E-state index contributed by atoms with van der Waals surface area (Å²) in [4.78, 5) is 3.95. The van der Waals surface area contributed by atoms with Crippen LogP contribution in [0.25, 0.3) is 11.5 Å². The normalized spacial score (nSPS) is 10.0. The minimum atomic E-state index is 0.261. The molecule has 0 aliphatic heterocycles. The Hall–Kier alpha value is -3.33. The van der Waals surface area contributed by atoms with Gasteiger partial charge in [0.2, 0.25) is 5.89 Å². The van der Waals surface area contributed by atoms with Gasteiger partial charge in [-0.2, -0.15) is 0 Å². The van der Waals surface area contributed by atoms with E-state index >= 15 is 0 Å². The van der Waals surface area contributed by atoms with E-state index in [0.717, 1.165) is 16.9 Å². The van der Waals surface area contributed by atoms with E-state index in [0.29, 0.717) is 18.5 Å². The predicted octanol–water partition coefficient (Wildman–Crippen LogP) is 2.76. The minimum Gasteiger partial charge on any atom is -0.481 e. The third-order valence-corrected chi connectivity index (χ3v) is 3.04. The van der Waals surface area contributed by atoms with Crippen LogP contribution >= 0.6 is 0 Å². The van der Waals surface area contributed by atoms with Gasteiger partial charge in [-0.3, -0.25) is 4.98 Å². The van der Waals surface area contributed by atoms with Crippen LogP contribution in [0.1, 0.15) is 5.56 Å². The molecule has 2 heterocycles. The zero-order chi connectivity index (χ0) is 15.9. The van der Waals surface area contributed by atoms with Gasteiger partial charge in [-0.25, -0.2) is 0 Å². The Balaban J connectivity index is 1.58. The van der Waals surface area contributed by atoms with Crippen molar-refractivity contribution in [2.75, 3.05) is 11.9 Å². The van der Waals surface area contributed by atoms with E-state index in [1.165, 1.54) is 0 Å². The molecular formula is C17H14N4O2. The molecule has 6 nitrogen and oxygen atoms in total. The molecule has 0 fully saturated rings. The third kappa shape index (κ3) is 3.86. The average Bonchev–Trinajstić information content (AvgIpc) is 3.09. The summed E-state index contributed by atoms with van der Waals surface area (Å²) < 4.78 is 10.9. The number of nitrogens with one attached hydrogen (secondary N) is 1. The van der Waals surface area contributed by atoms with E-state index < -0.39 is 0 Å². The second kappa shape index (κ2) is 7.09. The lowest BCUT2D eigenvalue weighted by molar-refractivity contribution is 0.370. The van der Waals surface area contributed by atoms with Crippen LogP contribution in [-0.4, -0.2) is 21.8 Å². The van der Waals surface area contributed by atoms with Crippen LogP contribution in [0.3, 0.4) is 0 Å². The van der Waals surface area contributed by atoms with Crippen LogP contribution in [0.5, 0.6) is 5.75 Å².